The van der Waals surface area contributed by atoms with Crippen LogP contribution in [0.5, 0.6) is 0 Å². The van der Waals surface area contributed by atoms with Gasteiger partial charge in [0.25, 0.3) is 0 Å². The first-order chi connectivity index (χ1) is 20.6. The van der Waals surface area contributed by atoms with Crippen molar-refractivity contribution in [2.75, 3.05) is 4.90 Å². The van der Waals surface area contributed by atoms with Gasteiger partial charge in [0.2, 0.25) is 0 Å². The summed E-state index contributed by atoms with van der Waals surface area (Å²) in [6, 6.07) is 24.4. The van der Waals surface area contributed by atoms with Gasteiger partial charge in [0.05, 0.1) is 10.3 Å². The Bertz CT molecular complexity index is 2050. The van der Waals surface area contributed by atoms with Crippen molar-refractivity contribution in [3.8, 4) is 0 Å². The molecule has 0 unspecified atom stereocenters. The lowest BCUT2D eigenvalue weighted by molar-refractivity contribution is 0.0990. The van der Waals surface area contributed by atoms with Gasteiger partial charge in [0, 0.05) is 44.3 Å². The molecule has 0 spiro atoms. The van der Waals surface area contributed by atoms with Gasteiger partial charge in [0.15, 0.2) is 17.1 Å². The fraction of sp³-hybridized carbons (Fsp3) is 0.158. The molecule has 0 atom stereocenters. The average Bonchev–Trinajstić information content (AvgIpc) is 3.60. The van der Waals surface area contributed by atoms with Gasteiger partial charge in [-0.1, -0.05) is 24.3 Å². The normalized spacial score (nSPS) is 12.9. The van der Waals surface area contributed by atoms with Crippen molar-refractivity contribution in [3.05, 3.63) is 129 Å². The number of hydrogen-bond donors (Lipinski definition) is 0. The Labute approximate surface area is 254 Å². The van der Waals surface area contributed by atoms with Crippen LogP contribution < -0.4 is 4.90 Å². The van der Waals surface area contributed by atoms with Crippen molar-refractivity contribution < 1.29 is 14.0 Å². The second-order valence-corrected chi connectivity index (χ2v) is 12.7. The number of Topliss-reactive ketones (excluding diaryl/α,β-unsaturated/α-hetero) is 2. The van der Waals surface area contributed by atoms with E-state index in [0.717, 1.165) is 37.4 Å². The highest BCUT2D eigenvalue weighted by molar-refractivity contribution is 7.25. The van der Waals surface area contributed by atoms with E-state index < -0.39 is 0 Å². The molecule has 2 heterocycles. The van der Waals surface area contributed by atoms with Crippen LogP contribution in [0.4, 0.5) is 17.1 Å². The Kier molecular flexibility index (Phi) is 6.26. The Morgan fingerprint density at radius 3 is 1.70 bits per heavy atom. The van der Waals surface area contributed by atoms with Gasteiger partial charge >= 0.3 is 0 Å². The number of hydrogen-bond acceptors (Lipinski definition) is 5. The van der Waals surface area contributed by atoms with E-state index in [1.54, 1.807) is 41.7 Å². The minimum atomic E-state index is -0.252. The lowest BCUT2D eigenvalue weighted by atomic mass is 10.00. The third-order valence-corrected chi connectivity index (χ3v) is 10.0. The topological polar surface area (TPSA) is 50.5 Å². The standard InChI is InChI=1S/C38H31NO3S/c1-20-13-27(14-21(2)24(20)5)39(28-15-22(3)25(6)23(4)16-28)26-11-12-32-34(17-26)43-35-19-29(42-38(32)35)18-33-36(40)30-9-7-8-10-31(30)37(33)41/h7-19H,1-6H3. The van der Waals surface area contributed by atoms with Crippen LogP contribution in [0.15, 0.2) is 82.8 Å². The predicted molar refractivity (Wildman–Crippen MR) is 178 cm³/mol. The van der Waals surface area contributed by atoms with Gasteiger partial charge in [0.1, 0.15) is 5.76 Å². The van der Waals surface area contributed by atoms with Crippen molar-refractivity contribution >= 4 is 66.4 Å². The highest BCUT2D eigenvalue weighted by Crippen LogP contribution is 2.43. The summed E-state index contributed by atoms with van der Waals surface area (Å²) in [5.41, 5.74) is 12.8. The Morgan fingerprint density at radius 1 is 0.628 bits per heavy atom. The van der Waals surface area contributed by atoms with Crippen LogP contribution in [0.1, 0.15) is 59.9 Å². The maximum atomic E-state index is 12.9. The summed E-state index contributed by atoms with van der Waals surface area (Å²) in [7, 11) is 0. The van der Waals surface area contributed by atoms with Crippen LogP contribution in [0, 0.1) is 41.5 Å². The van der Waals surface area contributed by atoms with Gasteiger partial charge in [-0.3, -0.25) is 9.59 Å². The Morgan fingerprint density at radius 2 is 1.16 bits per heavy atom. The number of fused-ring (bicyclic) bond motifs is 4. The number of carbonyl (C=O) groups is 2. The zero-order valence-corrected chi connectivity index (χ0v) is 25.9. The SMILES string of the molecule is Cc1cc(N(c2cc(C)c(C)c(C)c2)c2ccc3c(c2)sc2cc(C=C4C(=O)c5ccccc5C4=O)oc23)cc(C)c1C. The van der Waals surface area contributed by atoms with E-state index in [9.17, 15) is 9.59 Å². The lowest BCUT2D eigenvalue weighted by Gasteiger charge is -2.28. The van der Waals surface area contributed by atoms with E-state index in [4.69, 9.17) is 4.42 Å². The first kappa shape index (κ1) is 27.1. The van der Waals surface area contributed by atoms with Crippen molar-refractivity contribution in [1.82, 2.24) is 0 Å². The molecular formula is C38H31NO3S. The molecule has 0 bridgehead atoms. The number of benzene rings is 4. The quantitative estimate of drug-likeness (QED) is 0.153. The predicted octanol–water partition coefficient (Wildman–Crippen LogP) is 10.4. The molecule has 212 valence electrons. The van der Waals surface area contributed by atoms with Crippen LogP contribution in [0.3, 0.4) is 0 Å². The van der Waals surface area contributed by atoms with Crippen molar-refractivity contribution in [2.45, 2.75) is 41.5 Å². The van der Waals surface area contributed by atoms with E-state index in [1.165, 1.54) is 33.4 Å². The number of carbonyl (C=O) groups excluding carboxylic acids is 2. The maximum Gasteiger partial charge on any atom is 0.197 e. The van der Waals surface area contributed by atoms with Crippen LogP contribution in [-0.4, -0.2) is 11.6 Å². The fourth-order valence-corrected chi connectivity index (χ4v) is 7.15. The monoisotopic (exact) mass is 581 g/mol. The van der Waals surface area contributed by atoms with E-state index in [0.29, 0.717) is 16.9 Å². The highest BCUT2D eigenvalue weighted by atomic mass is 32.1. The van der Waals surface area contributed by atoms with Crippen molar-refractivity contribution in [3.63, 3.8) is 0 Å². The molecule has 0 radical (unpaired) electrons. The largest absolute Gasteiger partial charge is 0.455 e. The fourth-order valence-electron chi connectivity index (χ4n) is 6.04. The molecule has 5 heteroatoms. The molecule has 6 aromatic rings. The molecule has 7 rings (SSSR count). The minimum absolute atomic E-state index is 0.150. The summed E-state index contributed by atoms with van der Waals surface area (Å²) in [6.07, 6.45) is 1.59. The summed E-state index contributed by atoms with van der Waals surface area (Å²) in [6.45, 7) is 13.0. The smallest absolute Gasteiger partial charge is 0.197 e. The van der Waals surface area contributed by atoms with Crippen molar-refractivity contribution in [1.29, 1.82) is 0 Å². The molecular weight excluding hydrogens is 550 g/mol. The second-order valence-electron chi connectivity index (χ2n) is 11.6. The van der Waals surface area contributed by atoms with E-state index in [2.05, 4.69) is 88.9 Å². The molecule has 0 saturated carbocycles. The van der Waals surface area contributed by atoms with E-state index in [1.807, 2.05) is 6.07 Å². The molecule has 4 aromatic carbocycles. The Balaban J connectivity index is 1.32. The maximum absolute atomic E-state index is 12.9. The summed E-state index contributed by atoms with van der Waals surface area (Å²) in [5, 5.41) is 1.01. The first-order valence-corrected chi connectivity index (χ1v) is 15.2. The number of aryl methyl sites for hydroxylation is 4. The zero-order valence-electron chi connectivity index (χ0n) is 25.1. The van der Waals surface area contributed by atoms with Crippen LogP contribution in [-0.2, 0) is 0 Å². The average molecular weight is 582 g/mol. The molecule has 4 nitrogen and oxygen atoms in total. The summed E-state index contributed by atoms with van der Waals surface area (Å²) < 4.78 is 8.34. The molecule has 0 amide bonds. The second kappa shape index (κ2) is 9.92. The number of furan rings is 1. The van der Waals surface area contributed by atoms with Crippen LogP contribution in [0.25, 0.3) is 26.4 Å². The molecule has 1 aliphatic rings. The molecule has 2 aromatic heterocycles. The number of anilines is 3. The molecule has 0 N–H and O–H groups in total. The first-order valence-electron chi connectivity index (χ1n) is 14.4. The van der Waals surface area contributed by atoms with E-state index in [-0.39, 0.29) is 17.1 Å². The van der Waals surface area contributed by atoms with E-state index >= 15 is 0 Å². The third kappa shape index (κ3) is 4.34. The lowest BCUT2D eigenvalue weighted by Crippen LogP contribution is -2.11. The van der Waals surface area contributed by atoms with Gasteiger partial charge < -0.3 is 9.32 Å². The molecule has 0 fully saturated rings. The number of rotatable bonds is 4. The molecule has 43 heavy (non-hydrogen) atoms. The number of ketones is 2. The van der Waals surface area contributed by atoms with Gasteiger partial charge in [-0.25, -0.2) is 0 Å². The zero-order chi connectivity index (χ0) is 30.2. The minimum Gasteiger partial charge on any atom is -0.455 e. The van der Waals surface area contributed by atoms with Gasteiger partial charge in [-0.05, 0) is 123 Å². The van der Waals surface area contributed by atoms with Gasteiger partial charge in [-0.2, -0.15) is 0 Å². The number of thiophene rings is 1. The molecule has 1 aliphatic carbocycles. The Hall–Kier alpha value is -4.74. The summed E-state index contributed by atoms with van der Waals surface area (Å²) in [5.74, 6) is 0.00535. The summed E-state index contributed by atoms with van der Waals surface area (Å²) >= 11 is 1.65. The summed E-state index contributed by atoms with van der Waals surface area (Å²) in [4.78, 5) is 28.1. The number of nitrogens with zero attached hydrogens (tertiary/aromatic N) is 1. The third-order valence-electron chi connectivity index (χ3n) is 8.94. The van der Waals surface area contributed by atoms with Crippen LogP contribution >= 0.6 is 11.3 Å². The molecule has 0 aliphatic heterocycles. The van der Waals surface area contributed by atoms with Crippen LogP contribution in [0.2, 0.25) is 0 Å². The number of allylic oxidation sites excluding steroid dienone is 1. The van der Waals surface area contributed by atoms with Crippen molar-refractivity contribution in [2.24, 2.45) is 0 Å². The molecule has 0 saturated heterocycles. The van der Waals surface area contributed by atoms with Gasteiger partial charge in [-0.15, -0.1) is 11.3 Å². The highest BCUT2D eigenvalue weighted by Gasteiger charge is 2.33.